The number of ether oxygens (including phenoxy) is 1. The highest BCUT2D eigenvalue weighted by Crippen LogP contribution is 2.28. The van der Waals surface area contributed by atoms with E-state index >= 15 is 0 Å². The van der Waals surface area contributed by atoms with Crippen molar-refractivity contribution >= 4 is 23.6 Å². The molecule has 0 spiro atoms. The summed E-state index contributed by atoms with van der Waals surface area (Å²) in [6.45, 7) is 9.20. The molecular weight excluding hydrogens is 458 g/mol. The van der Waals surface area contributed by atoms with Crippen molar-refractivity contribution in [2.24, 2.45) is 0 Å². The van der Waals surface area contributed by atoms with Crippen LogP contribution in [0, 0.1) is 6.92 Å². The maximum absolute atomic E-state index is 12.4. The number of hydrogen-bond acceptors (Lipinski definition) is 7. The van der Waals surface area contributed by atoms with Gasteiger partial charge in [-0.2, -0.15) is 5.10 Å². The molecule has 1 fully saturated rings. The topological polar surface area (TPSA) is 114 Å². The number of hydrogen-bond donors (Lipinski definition) is 2. The van der Waals surface area contributed by atoms with Crippen molar-refractivity contribution in [3.8, 4) is 11.3 Å². The van der Waals surface area contributed by atoms with Crippen LogP contribution in [-0.2, 0) is 4.74 Å². The Morgan fingerprint density at radius 1 is 1.11 bits per heavy atom. The van der Waals surface area contributed by atoms with Crippen molar-refractivity contribution in [1.82, 2.24) is 30.0 Å². The van der Waals surface area contributed by atoms with Gasteiger partial charge in [0.2, 0.25) is 5.95 Å². The van der Waals surface area contributed by atoms with Crippen molar-refractivity contribution in [3.63, 3.8) is 0 Å². The zero-order chi connectivity index (χ0) is 25.9. The largest absolute Gasteiger partial charge is 0.465 e. The van der Waals surface area contributed by atoms with Crippen molar-refractivity contribution in [1.29, 1.82) is 0 Å². The summed E-state index contributed by atoms with van der Waals surface area (Å²) < 4.78 is 6.86. The molecule has 4 rings (SSSR count). The number of likely N-dealkylation sites (tertiary alicyclic amines) is 1. The van der Waals surface area contributed by atoms with E-state index in [2.05, 4.69) is 25.7 Å². The minimum atomic E-state index is -0.415. The average molecular weight is 492 g/mol. The first kappa shape index (κ1) is 25.2. The SMILES string of the molecule is COC(=O)c1ccccc1-c1nc(Nc2cnn(C3CCN(C(=O)NC(C)(C)C)CC3)c2)ncc1C. The van der Waals surface area contributed by atoms with Crippen molar-refractivity contribution < 1.29 is 14.3 Å². The number of carbonyl (C=O) groups excluding carboxylic acids is 2. The zero-order valence-electron chi connectivity index (χ0n) is 21.4. The van der Waals surface area contributed by atoms with Gasteiger partial charge in [0.1, 0.15) is 0 Å². The van der Waals surface area contributed by atoms with Crippen LogP contribution in [0.4, 0.5) is 16.4 Å². The number of rotatable bonds is 5. The molecule has 0 atom stereocenters. The smallest absolute Gasteiger partial charge is 0.338 e. The van der Waals surface area contributed by atoms with Crippen LogP contribution in [0.5, 0.6) is 0 Å². The minimum absolute atomic E-state index is 0.0233. The highest BCUT2D eigenvalue weighted by atomic mass is 16.5. The summed E-state index contributed by atoms with van der Waals surface area (Å²) >= 11 is 0. The molecule has 3 aromatic rings. The number of piperidine rings is 1. The van der Waals surface area contributed by atoms with E-state index in [0.717, 1.165) is 24.1 Å². The van der Waals surface area contributed by atoms with Crippen molar-refractivity contribution in [3.05, 3.63) is 54.0 Å². The lowest BCUT2D eigenvalue weighted by molar-refractivity contribution is 0.0601. The van der Waals surface area contributed by atoms with E-state index in [1.165, 1.54) is 7.11 Å². The number of esters is 1. The van der Waals surface area contributed by atoms with Crippen LogP contribution in [0.1, 0.15) is 55.6 Å². The maximum atomic E-state index is 12.4. The Labute approximate surface area is 211 Å². The van der Waals surface area contributed by atoms with Crippen LogP contribution in [0.2, 0.25) is 0 Å². The van der Waals surface area contributed by atoms with E-state index < -0.39 is 5.97 Å². The van der Waals surface area contributed by atoms with E-state index in [1.54, 1.807) is 24.5 Å². The fourth-order valence-corrected chi connectivity index (χ4v) is 4.22. The van der Waals surface area contributed by atoms with Gasteiger partial charge in [-0.3, -0.25) is 4.68 Å². The number of nitrogens with one attached hydrogen (secondary N) is 2. The number of benzene rings is 1. The molecule has 0 saturated carbocycles. The molecule has 1 saturated heterocycles. The molecule has 10 heteroatoms. The third-order valence-corrected chi connectivity index (χ3v) is 6.02. The summed E-state index contributed by atoms with van der Waals surface area (Å²) in [5.41, 5.74) is 3.14. The lowest BCUT2D eigenvalue weighted by Crippen LogP contribution is -2.50. The highest BCUT2D eigenvalue weighted by Gasteiger charge is 2.26. The number of nitrogens with zero attached hydrogens (tertiary/aromatic N) is 5. The predicted octanol–water partition coefficient (Wildman–Crippen LogP) is 4.32. The van der Waals surface area contributed by atoms with Gasteiger partial charge in [0.05, 0.1) is 36.3 Å². The Morgan fingerprint density at radius 2 is 1.83 bits per heavy atom. The second-order valence-corrected chi connectivity index (χ2v) is 9.99. The summed E-state index contributed by atoms with van der Waals surface area (Å²) in [5, 5.41) is 10.8. The Morgan fingerprint density at radius 3 is 2.53 bits per heavy atom. The quantitative estimate of drug-likeness (QED) is 0.511. The van der Waals surface area contributed by atoms with E-state index in [9.17, 15) is 9.59 Å². The van der Waals surface area contributed by atoms with Gasteiger partial charge >= 0.3 is 12.0 Å². The Balaban J connectivity index is 1.44. The van der Waals surface area contributed by atoms with Crippen LogP contribution in [-0.4, -0.2) is 62.4 Å². The first-order chi connectivity index (χ1) is 17.1. The van der Waals surface area contributed by atoms with Gasteiger partial charge in [0, 0.05) is 36.6 Å². The normalized spacial score (nSPS) is 14.4. The Kier molecular flexibility index (Phi) is 7.23. The van der Waals surface area contributed by atoms with Crippen molar-refractivity contribution in [2.75, 3.05) is 25.5 Å². The van der Waals surface area contributed by atoms with Gasteiger partial charge < -0.3 is 20.3 Å². The summed E-state index contributed by atoms with van der Waals surface area (Å²) in [5.74, 6) is -0.00942. The van der Waals surface area contributed by atoms with Crippen LogP contribution in [0.15, 0.2) is 42.9 Å². The molecule has 10 nitrogen and oxygen atoms in total. The fraction of sp³-hybridized carbons (Fsp3) is 0.423. The van der Waals surface area contributed by atoms with Gasteiger partial charge in [0.25, 0.3) is 0 Å². The maximum Gasteiger partial charge on any atom is 0.338 e. The molecule has 1 aliphatic rings. The van der Waals surface area contributed by atoms with Crippen LogP contribution < -0.4 is 10.6 Å². The fourth-order valence-electron chi connectivity index (χ4n) is 4.22. The van der Waals surface area contributed by atoms with Gasteiger partial charge in [-0.25, -0.2) is 19.6 Å². The highest BCUT2D eigenvalue weighted by molar-refractivity contribution is 5.97. The molecule has 0 unspecified atom stereocenters. The molecule has 0 bridgehead atoms. The first-order valence-electron chi connectivity index (χ1n) is 12.0. The van der Waals surface area contributed by atoms with E-state index in [0.29, 0.717) is 35.9 Å². The summed E-state index contributed by atoms with van der Waals surface area (Å²) in [4.78, 5) is 35.6. The van der Waals surface area contributed by atoms with Gasteiger partial charge in [0.15, 0.2) is 0 Å². The molecule has 3 heterocycles. The van der Waals surface area contributed by atoms with Gasteiger partial charge in [-0.05, 0) is 52.2 Å². The predicted molar refractivity (Wildman–Crippen MR) is 137 cm³/mol. The standard InChI is InChI=1S/C26H33N7O3/c1-17-14-27-24(30-22(17)20-8-6-7-9-21(20)23(34)36-5)29-18-15-28-33(16-18)19-10-12-32(13-11-19)25(35)31-26(2,3)4/h6-9,14-16,19H,10-13H2,1-5H3,(H,31,35)(H,27,29,30). The number of aryl methyl sites for hydroxylation is 1. The third kappa shape index (κ3) is 5.81. The minimum Gasteiger partial charge on any atom is -0.465 e. The molecule has 0 aliphatic carbocycles. The molecule has 2 N–H and O–H groups in total. The lowest BCUT2D eigenvalue weighted by atomic mass is 10.0. The Bertz CT molecular complexity index is 1240. The molecule has 190 valence electrons. The van der Waals surface area contributed by atoms with E-state index in [4.69, 9.17) is 4.74 Å². The molecule has 0 radical (unpaired) electrons. The number of methoxy groups -OCH3 is 1. The van der Waals surface area contributed by atoms with E-state index in [-0.39, 0.29) is 17.6 Å². The number of urea groups is 1. The average Bonchev–Trinajstić information content (AvgIpc) is 3.32. The summed E-state index contributed by atoms with van der Waals surface area (Å²) in [7, 11) is 1.36. The molecule has 2 amide bonds. The van der Waals surface area contributed by atoms with Gasteiger partial charge in [-0.1, -0.05) is 18.2 Å². The first-order valence-corrected chi connectivity index (χ1v) is 12.0. The number of amides is 2. The molecule has 1 aliphatic heterocycles. The number of aromatic nitrogens is 4. The third-order valence-electron chi connectivity index (χ3n) is 6.02. The van der Waals surface area contributed by atoms with Crippen LogP contribution in [0.3, 0.4) is 0 Å². The lowest BCUT2D eigenvalue weighted by Gasteiger charge is -2.34. The van der Waals surface area contributed by atoms with Crippen molar-refractivity contribution in [2.45, 2.75) is 52.1 Å². The number of carbonyl (C=O) groups is 2. The molecular formula is C26H33N7O3. The molecule has 2 aromatic heterocycles. The van der Waals surface area contributed by atoms with Crippen LogP contribution >= 0.6 is 0 Å². The Hall–Kier alpha value is -3.95. The summed E-state index contributed by atoms with van der Waals surface area (Å²) in [6.07, 6.45) is 7.05. The number of anilines is 2. The monoisotopic (exact) mass is 491 g/mol. The van der Waals surface area contributed by atoms with Crippen LogP contribution in [0.25, 0.3) is 11.3 Å². The molecule has 36 heavy (non-hydrogen) atoms. The van der Waals surface area contributed by atoms with E-state index in [1.807, 2.05) is 55.6 Å². The molecule has 1 aromatic carbocycles. The zero-order valence-corrected chi connectivity index (χ0v) is 21.4. The summed E-state index contributed by atoms with van der Waals surface area (Å²) in [6, 6.07) is 7.40. The second kappa shape index (κ2) is 10.3. The van der Waals surface area contributed by atoms with Gasteiger partial charge in [-0.15, -0.1) is 0 Å². The second-order valence-electron chi connectivity index (χ2n) is 9.99.